The molecule has 1 aromatic rings. The van der Waals surface area contributed by atoms with Crippen LogP contribution in [0.1, 0.15) is 26.1 Å². The Morgan fingerprint density at radius 1 is 1.47 bits per heavy atom. The van der Waals surface area contributed by atoms with Crippen LogP contribution in [0.4, 0.5) is 0 Å². The second-order valence-corrected chi connectivity index (χ2v) is 5.01. The number of aliphatic hydroxyl groups excluding tert-OH is 1. The van der Waals surface area contributed by atoms with E-state index >= 15 is 0 Å². The van der Waals surface area contributed by atoms with Crippen LogP contribution >= 0.6 is 11.8 Å². The minimum atomic E-state index is -1.11. The Kier molecular flexibility index (Phi) is 4.90. The number of hydrogen-bond acceptors (Lipinski definition) is 6. The van der Waals surface area contributed by atoms with Crippen LogP contribution in [0.15, 0.2) is 5.16 Å². The van der Waals surface area contributed by atoms with Gasteiger partial charge in [-0.05, 0) is 13.3 Å². The number of carboxylic acids is 1. The second-order valence-electron chi connectivity index (χ2n) is 4.07. The molecule has 0 aliphatic heterocycles. The minimum absolute atomic E-state index is 0.177. The van der Waals surface area contributed by atoms with Crippen LogP contribution in [0.2, 0.25) is 0 Å². The van der Waals surface area contributed by atoms with Crippen molar-refractivity contribution in [3.8, 4) is 0 Å². The summed E-state index contributed by atoms with van der Waals surface area (Å²) in [6.45, 7) is 2.95. The summed E-state index contributed by atoms with van der Waals surface area (Å²) in [5.41, 5.74) is 4.29. The molecular formula is C10H16N4O4S. The smallest absolute Gasteiger partial charge is 0.313 e. The van der Waals surface area contributed by atoms with Crippen LogP contribution in [0.25, 0.3) is 0 Å². The first-order chi connectivity index (χ1) is 8.86. The molecule has 0 saturated heterocycles. The Balaban J connectivity index is 3.25. The van der Waals surface area contributed by atoms with E-state index in [0.717, 1.165) is 11.8 Å². The van der Waals surface area contributed by atoms with Gasteiger partial charge in [0.05, 0.1) is 5.75 Å². The lowest BCUT2D eigenvalue weighted by Gasteiger charge is -2.28. The quantitative estimate of drug-likeness (QED) is 0.579. The maximum absolute atomic E-state index is 11.6. The zero-order valence-corrected chi connectivity index (χ0v) is 11.5. The maximum Gasteiger partial charge on any atom is 0.313 e. The molecule has 1 unspecified atom stereocenters. The highest BCUT2D eigenvalue weighted by atomic mass is 32.2. The zero-order valence-electron chi connectivity index (χ0n) is 10.7. The summed E-state index contributed by atoms with van der Waals surface area (Å²) in [7, 11) is 0. The molecule has 0 aliphatic rings. The van der Waals surface area contributed by atoms with Crippen molar-refractivity contribution in [3.05, 3.63) is 5.82 Å². The summed E-state index contributed by atoms with van der Waals surface area (Å²) in [5.74, 6) is -1.65. The predicted molar refractivity (Wildman–Crippen MR) is 67.4 cm³/mol. The van der Waals surface area contributed by atoms with Crippen LogP contribution in [0.3, 0.4) is 0 Å². The number of thioether (sulfide) groups is 1. The number of carboxylic acid groups (broad SMARTS) is 1. The van der Waals surface area contributed by atoms with Crippen LogP contribution in [0.5, 0.6) is 0 Å². The fourth-order valence-electron chi connectivity index (χ4n) is 1.56. The molecule has 0 aromatic carbocycles. The fraction of sp³-hybridized carbons (Fsp3) is 0.600. The van der Waals surface area contributed by atoms with Gasteiger partial charge in [-0.3, -0.25) is 14.2 Å². The molecule has 8 nitrogen and oxygen atoms in total. The fourth-order valence-corrected chi connectivity index (χ4v) is 2.35. The van der Waals surface area contributed by atoms with E-state index in [4.69, 9.17) is 10.8 Å². The van der Waals surface area contributed by atoms with Crippen molar-refractivity contribution in [2.75, 3.05) is 5.75 Å². The van der Waals surface area contributed by atoms with E-state index in [2.05, 4.69) is 10.2 Å². The van der Waals surface area contributed by atoms with Gasteiger partial charge in [0.1, 0.15) is 12.1 Å². The molecule has 4 N–H and O–H groups in total. The topological polar surface area (TPSA) is 131 Å². The third-order valence-electron chi connectivity index (χ3n) is 2.88. The van der Waals surface area contributed by atoms with E-state index in [9.17, 15) is 14.7 Å². The predicted octanol–water partition coefficient (Wildman–Crippen LogP) is -0.442. The summed E-state index contributed by atoms with van der Waals surface area (Å²) in [6.07, 6.45) is 0.369. The Morgan fingerprint density at radius 3 is 2.53 bits per heavy atom. The third-order valence-corrected chi connectivity index (χ3v) is 3.79. The van der Waals surface area contributed by atoms with Crippen LogP contribution < -0.4 is 5.73 Å². The summed E-state index contributed by atoms with van der Waals surface area (Å²) < 4.78 is 1.41. The normalized spacial score (nSPS) is 14.1. The van der Waals surface area contributed by atoms with Gasteiger partial charge < -0.3 is 15.9 Å². The maximum atomic E-state index is 11.6. The van der Waals surface area contributed by atoms with E-state index in [1.165, 1.54) is 4.57 Å². The number of aromatic nitrogens is 3. The van der Waals surface area contributed by atoms with E-state index in [-0.39, 0.29) is 16.7 Å². The largest absolute Gasteiger partial charge is 0.481 e. The molecular weight excluding hydrogens is 272 g/mol. The number of nitrogens with zero attached hydrogens (tertiary/aromatic N) is 3. The van der Waals surface area contributed by atoms with Gasteiger partial charge in [-0.2, -0.15) is 0 Å². The first-order valence-electron chi connectivity index (χ1n) is 5.57. The highest BCUT2D eigenvalue weighted by Crippen LogP contribution is 2.28. The lowest BCUT2D eigenvalue weighted by Crippen LogP contribution is -2.44. The number of rotatable bonds is 7. The van der Waals surface area contributed by atoms with E-state index in [1.54, 1.807) is 13.8 Å². The molecule has 0 fully saturated rings. The van der Waals surface area contributed by atoms with Gasteiger partial charge in [0.25, 0.3) is 0 Å². The number of amides is 1. The molecule has 1 atom stereocenters. The standard InChI is InChI=1S/C10H16N4O4S/c1-3-10(2,8(11)18)14-6(4-15)12-13-9(14)19-5-7(16)17/h15H,3-5H2,1-2H3,(H2,11,18)(H,16,17). The van der Waals surface area contributed by atoms with Gasteiger partial charge in [-0.1, -0.05) is 18.7 Å². The summed E-state index contributed by atoms with van der Waals surface area (Å²) in [6, 6.07) is 0. The number of aliphatic hydroxyl groups is 1. The van der Waals surface area contributed by atoms with Crippen molar-refractivity contribution in [1.29, 1.82) is 0 Å². The molecule has 0 bridgehead atoms. The van der Waals surface area contributed by atoms with Gasteiger partial charge in [-0.15, -0.1) is 10.2 Å². The SMILES string of the molecule is CCC(C)(C(N)=O)n1c(CO)nnc1SCC(=O)O. The Bertz CT molecular complexity index is 490. The molecule has 106 valence electrons. The molecule has 1 aromatic heterocycles. The van der Waals surface area contributed by atoms with Crippen LogP contribution in [0, 0.1) is 0 Å². The van der Waals surface area contributed by atoms with Crippen molar-refractivity contribution in [3.63, 3.8) is 0 Å². The average molecular weight is 288 g/mol. The van der Waals surface area contributed by atoms with Gasteiger partial charge in [0.2, 0.25) is 5.91 Å². The van der Waals surface area contributed by atoms with E-state index in [0.29, 0.717) is 6.42 Å². The first kappa shape index (κ1) is 15.4. The number of primary amides is 1. The summed E-state index contributed by atoms with van der Waals surface area (Å²) in [5, 5.41) is 25.7. The highest BCUT2D eigenvalue weighted by molar-refractivity contribution is 7.99. The number of carbonyl (C=O) groups excluding carboxylic acids is 1. The monoisotopic (exact) mass is 288 g/mol. The second kappa shape index (κ2) is 6.02. The number of nitrogens with two attached hydrogens (primary N) is 1. The third kappa shape index (κ3) is 3.04. The van der Waals surface area contributed by atoms with Crippen molar-refractivity contribution in [1.82, 2.24) is 14.8 Å². The Hall–Kier alpha value is -1.61. The number of carbonyl (C=O) groups is 2. The summed E-state index contributed by atoms with van der Waals surface area (Å²) in [4.78, 5) is 22.2. The van der Waals surface area contributed by atoms with Gasteiger partial charge in [0, 0.05) is 0 Å². The molecule has 0 saturated carbocycles. The summed E-state index contributed by atoms with van der Waals surface area (Å²) >= 11 is 0.922. The minimum Gasteiger partial charge on any atom is -0.481 e. The van der Waals surface area contributed by atoms with Crippen molar-refractivity contribution >= 4 is 23.6 Å². The first-order valence-corrected chi connectivity index (χ1v) is 6.55. The van der Waals surface area contributed by atoms with Gasteiger partial charge >= 0.3 is 5.97 Å². The average Bonchev–Trinajstić information content (AvgIpc) is 2.78. The Labute approximate surface area is 114 Å². The van der Waals surface area contributed by atoms with Gasteiger partial charge in [-0.25, -0.2) is 0 Å². The molecule has 0 spiro atoms. The zero-order chi connectivity index (χ0) is 14.6. The lowest BCUT2D eigenvalue weighted by atomic mass is 9.97. The van der Waals surface area contributed by atoms with Crippen LogP contribution in [-0.4, -0.2) is 42.6 Å². The highest BCUT2D eigenvalue weighted by Gasteiger charge is 2.36. The van der Waals surface area contributed by atoms with E-state index < -0.39 is 24.0 Å². The van der Waals surface area contributed by atoms with Gasteiger partial charge in [0.15, 0.2) is 11.0 Å². The molecule has 0 radical (unpaired) electrons. The molecule has 0 aliphatic carbocycles. The van der Waals surface area contributed by atoms with Crippen molar-refractivity contribution < 1.29 is 19.8 Å². The van der Waals surface area contributed by atoms with Crippen molar-refractivity contribution in [2.45, 2.75) is 37.6 Å². The van der Waals surface area contributed by atoms with Crippen molar-refractivity contribution in [2.24, 2.45) is 5.73 Å². The molecule has 9 heteroatoms. The number of hydrogen-bond donors (Lipinski definition) is 3. The molecule has 1 rings (SSSR count). The molecule has 1 heterocycles. The molecule has 1 amide bonds. The Morgan fingerprint density at radius 2 is 2.11 bits per heavy atom. The number of aliphatic carboxylic acids is 1. The molecule has 19 heavy (non-hydrogen) atoms. The van der Waals surface area contributed by atoms with E-state index in [1.807, 2.05) is 0 Å². The lowest BCUT2D eigenvalue weighted by molar-refractivity contribution is -0.134. The van der Waals surface area contributed by atoms with Crippen LogP contribution in [-0.2, 0) is 21.7 Å².